The molecule has 2 rings (SSSR count). The van der Waals surface area contributed by atoms with E-state index in [4.69, 9.17) is 5.73 Å². The van der Waals surface area contributed by atoms with Crippen LogP contribution < -0.4 is 5.73 Å². The molecule has 2 N–H and O–H groups in total. The van der Waals surface area contributed by atoms with E-state index >= 15 is 0 Å². The highest BCUT2D eigenvalue weighted by atomic mass is 16.2. The minimum Gasteiger partial charge on any atom is -0.399 e. The fraction of sp³-hybridized carbons (Fsp3) is 0.235. The summed E-state index contributed by atoms with van der Waals surface area (Å²) in [4.78, 5) is 14.3. The molecule has 3 nitrogen and oxygen atoms in total. The van der Waals surface area contributed by atoms with Gasteiger partial charge >= 0.3 is 0 Å². The van der Waals surface area contributed by atoms with E-state index in [1.54, 1.807) is 4.90 Å². The lowest BCUT2D eigenvalue weighted by Crippen LogP contribution is -2.30. The summed E-state index contributed by atoms with van der Waals surface area (Å²) in [5.41, 5.74) is 9.29. The molecule has 0 aliphatic heterocycles. The highest BCUT2D eigenvalue weighted by Gasteiger charge is 2.20. The molecule has 0 aliphatic carbocycles. The molecule has 0 radical (unpaired) electrons. The van der Waals surface area contributed by atoms with Crippen molar-refractivity contribution >= 4 is 11.6 Å². The van der Waals surface area contributed by atoms with Gasteiger partial charge < -0.3 is 10.6 Å². The number of hydrogen-bond donors (Lipinski definition) is 1. The lowest BCUT2D eigenvalue weighted by molar-refractivity contribution is 0.0742. The average molecular weight is 268 g/mol. The Bertz CT molecular complexity index is 622. The Labute approximate surface area is 120 Å². The van der Waals surface area contributed by atoms with Crippen molar-refractivity contribution < 1.29 is 4.79 Å². The predicted molar refractivity (Wildman–Crippen MR) is 82.5 cm³/mol. The van der Waals surface area contributed by atoms with Gasteiger partial charge in [-0.1, -0.05) is 30.3 Å². The molecule has 1 unspecified atom stereocenters. The molecule has 0 saturated heterocycles. The highest BCUT2D eigenvalue weighted by molar-refractivity contribution is 5.95. The maximum Gasteiger partial charge on any atom is 0.254 e. The second kappa shape index (κ2) is 5.78. The van der Waals surface area contributed by atoms with Crippen molar-refractivity contribution in [2.75, 3.05) is 12.8 Å². The van der Waals surface area contributed by atoms with Gasteiger partial charge in [-0.3, -0.25) is 4.79 Å². The van der Waals surface area contributed by atoms with Crippen LogP contribution in [0.25, 0.3) is 0 Å². The van der Waals surface area contributed by atoms with Gasteiger partial charge in [0.2, 0.25) is 0 Å². The number of aryl methyl sites for hydroxylation is 1. The molecule has 1 amide bonds. The van der Waals surface area contributed by atoms with Crippen LogP contribution in [-0.4, -0.2) is 17.9 Å². The van der Waals surface area contributed by atoms with E-state index in [0.717, 1.165) is 16.7 Å². The zero-order chi connectivity index (χ0) is 14.7. The van der Waals surface area contributed by atoms with Crippen molar-refractivity contribution in [3.8, 4) is 0 Å². The van der Waals surface area contributed by atoms with Crippen molar-refractivity contribution in [1.29, 1.82) is 0 Å². The van der Waals surface area contributed by atoms with Gasteiger partial charge in [-0.2, -0.15) is 0 Å². The highest BCUT2D eigenvalue weighted by Crippen LogP contribution is 2.23. The molecule has 0 aromatic heterocycles. The van der Waals surface area contributed by atoms with Crippen LogP contribution in [0.2, 0.25) is 0 Å². The largest absolute Gasteiger partial charge is 0.399 e. The summed E-state index contributed by atoms with van der Waals surface area (Å²) in [5.74, 6) is 0.0259. The summed E-state index contributed by atoms with van der Waals surface area (Å²) in [6.07, 6.45) is 0. The number of anilines is 1. The quantitative estimate of drug-likeness (QED) is 0.867. The van der Waals surface area contributed by atoms with Crippen LogP contribution >= 0.6 is 0 Å². The van der Waals surface area contributed by atoms with Crippen molar-refractivity contribution in [3.05, 3.63) is 65.2 Å². The topological polar surface area (TPSA) is 46.3 Å². The summed E-state index contributed by atoms with van der Waals surface area (Å²) in [7, 11) is 1.82. The van der Waals surface area contributed by atoms with E-state index in [2.05, 4.69) is 0 Å². The first-order valence-electron chi connectivity index (χ1n) is 6.69. The maximum absolute atomic E-state index is 12.6. The second-order valence-corrected chi connectivity index (χ2v) is 5.08. The molecule has 0 fully saturated rings. The van der Waals surface area contributed by atoms with E-state index in [1.807, 2.05) is 69.4 Å². The van der Waals surface area contributed by atoms with Crippen LogP contribution in [0.4, 0.5) is 5.69 Å². The summed E-state index contributed by atoms with van der Waals surface area (Å²) in [6, 6.07) is 15.3. The van der Waals surface area contributed by atoms with Crippen LogP contribution in [0, 0.1) is 6.92 Å². The van der Waals surface area contributed by atoms with Crippen molar-refractivity contribution in [2.24, 2.45) is 0 Å². The first-order chi connectivity index (χ1) is 9.50. The average Bonchev–Trinajstić information content (AvgIpc) is 2.45. The second-order valence-electron chi connectivity index (χ2n) is 5.08. The van der Waals surface area contributed by atoms with Gasteiger partial charge in [0.05, 0.1) is 6.04 Å². The first kappa shape index (κ1) is 14.1. The fourth-order valence-corrected chi connectivity index (χ4v) is 2.22. The standard InChI is InChI=1S/C17H20N2O/c1-12-7-4-5-10-16(12)17(20)19(3)13(2)14-8-6-9-15(18)11-14/h4-11,13H,18H2,1-3H3. The van der Waals surface area contributed by atoms with E-state index in [0.29, 0.717) is 5.69 Å². The molecule has 0 spiro atoms. The Hall–Kier alpha value is -2.29. The smallest absolute Gasteiger partial charge is 0.254 e. The van der Waals surface area contributed by atoms with Gasteiger partial charge in [-0.25, -0.2) is 0 Å². The zero-order valence-electron chi connectivity index (χ0n) is 12.1. The summed E-state index contributed by atoms with van der Waals surface area (Å²) >= 11 is 0. The van der Waals surface area contributed by atoms with Gasteiger partial charge in [0, 0.05) is 18.3 Å². The van der Waals surface area contributed by atoms with Crippen LogP contribution in [0.15, 0.2) is 48.5 Å². The maximum atomic E-state index is 12.6. The molecule has 0 aliphatic rings. The molecular formula is C17H20N2O. The lowest BCUT2D eigenvalue weighted by atomic mass is 10.0. The van der Waals surface area contributed by atoms with Gasteiger partial charge in [0.1, 0.15) is 0 Å². The minimum absolute atomic E-state index is 0.0226. The molecule has 104 valence electrons. The van der Waals surface area contributed by atoms with Crippen LogP contribution in [0.3, 0.4) is 0 Å². The number of hydrogen-bond acceptors (Lipinski definition) is 2. The summed E-state index contributed by atoms with van der Waals surface area (Å²) in [5, 5.41) is 0. The van der Waals surface area contributed by atoms with Gasteiger partial charge in [-0.05, 0) is 43.2 Å². The Balaban J connectivity index is 2.25. The number of nitrogens with zero attached hydrogens (tertiary/aromatic N) is 1. The Kier molecular flexibility index (Phi) is 4.08. The molecular weight excluding hydrogens is 248 g/mol. The van der Waals surface area contributed by atoms with Crippen LogP contribution in [0.5, 0.6) is 0 Å². The summed E-state index contributed by atoms with van der Waals surface area (Å²) in [6.45, 7) is 3.96. The molecule has 0 saturated carbocycles. The Morgan fingerprint density at radius 1 is 1.15 bits per heavy atom. The van der Waals surface area contributed by atoms with Crippen LogP contribution in [0.1, 0.15) is 34.5 Å². The van der Waals surface area contributed by atoms with Crippen molar-refractivity contribution in [1.82, 2.24) is 4.90 Å². The number of nitrogens with two attached hydrogens (primary N) is 1. The molecule has 20 heavy (non-hydrogen) atoms. The lowest BCUT2D eigenvalue weighted by Gasteiger charge is -2.26. The van der Waals surface area contributed by atoms with Gasteiger partial charge in [-0.15, -0.1) is 0 Å². The van der Waals surface area contributed by atoms with E-state index in [1.165, 1.54) is 0 Å². The third-order valence-electron chi connectivity index (χ3n) is 3.67. The molecule has 2 aromatic carbocycles. The normalized spacial score (nSPS) is 11.9. The first-order valence-corrected chi connectivity index (χ1v) is 6.69. The fourth-order valence-electron chi connectivity index (χ4n) is 2.22. The minimum atomic E-state index is -0.0226. The number of nitrogen functional groups attached to an aromatic ring is 1. The number of benzene rings is 2. The number of rotatable bonds is 3. The third kappa shape index (κ3) is 2.82. The number of amides is 1. The molecule has 0 heterocycles. The van der Waals surface area contributed by atoms with E-state index < -0.39 is 0 Å². The monoisotopic (exact) mass is 268 g/mol. The molecule has 3 heteroatoms. The Morgan fingerprint density at radius 2 is 1.85 bits per heavy atom. The van der Waals surface area contributed by atoms with Crippen molar-refractivity contribution in [3.63, 3.8) is 0 Å². The predicted octanol–water partition coefficient (Wildman–Crippen LogP) is 3.41. The van der Waals surface area contributed by atoms with E-state index in [-0.39, 0.29) is 11.9 Å². The summed E-state index contributed by atoms with van der Waals surface area (Å²) < 4.78 is 0. The molecule has 2 aromatic rings. The van der Waals surface area contributed by atoms with Gasteiger partial charge in [0.25, 0.3) is 5.91 Å². The molecule has 0 bridgehead atoms. The van der Waals surface area contributed by atoms with Gasteiger partial charge in [0.15, 0.2) is 0 Å². The zero-order valence-corrected chi connectivity index (χ0v) is 12.1. The third-order valence-corrected chi connectivity index (χ3v) is 3.67. The van der Waals surface area contributed by atoms with E-state index in [9.17, 15) is 4.79 Å². The molecule has 1 atom stereocenters. The van der Waals surface area contributed by atoms with Crippen LogP contribution in [-0.2, 0) is 0 Å². The number of carbonyl (C=O) groups excluding carboxylic acids is 1. The Morgan fingerprint density at radius 3 is 2.50 bits per heavy atom. The van der Waals surface area contributed by atoms with Crippen molar-refractivity contribution in [2.45, 2.75) is 19.9 Å². The SMILES string of the molecule is Cc1ccccc1C(=O)N(C)C(C)c1cccc(N)c1. The number of carbonyl (C=O) groups is 1.